The van der Waals surface area contributed by atoms with Crippen LogP contribution < -0.4 is 11.1 Å². The standard InChI is InChI=1S/C22H23F3N4O3/c1-27-10-14-9-15(7-8-18(14)28-13-32-2)21(31,22(23,24)25)17-11-29(12-20(26)30)19-6-4-3-5-16(17)19/h3-11,28,31H,12-13H2,1-2H3,(H2,26,30)/b27-10-. The van der Waals surface area contributed by atoms with Crippen LogP contribution in [0.3, 0.4) is 0 Å². The molecule has 1 unspecified atom stereocenters. The van der Waals surface area contributed by atoms with Gasteiger partial charge in [-0.3, -0.25) is 9.79 Å². The molecule has 0 radical (unpaired) electrons. The Balaban J connectivity index is 2.28. The Morgan fingerprint density at radius 2 is 2.00 bits per heavy atom. The number of carbonyl (C=O) groups is 1. The Bertz CT molecular complexity index is 1160. The molecule has 0 bridgehead atoms. The number of halogens is 3. The second-order valence-corrected chi connectivity index (χ2v) is 7.16. The molecule has 4 N–H and O–H groups in total. The number of benzene rings is 2. The number of fused-ring (bicyclic) bond motifs is 1. The Morgan fingerprint density at radius 1 is 1.28 bits per heavy atom. The lowest BCUT2D eigenvalue weighted by Crippen LogP contribution is -2.43. The maximum absolute atomic E-state index is 14.5. The third-order valence-corrected chi connectivity index (χ3v) is 5.06. The summed E-state index contributed by atoms with van der Waals surface area (Å²) < 4.78 is 49.7. The summed E-state index contributed by atoms with van der Waals surface area (Å²) >= 11 is 0. The molecular weight excluding hydrogens is 425 g/mol. The van der Waals surface area contributed by atoms with E-state index in [1.807, 2.05) is 0 Å². The number of hydrogen-bond acceptors (Lipinski definition) is 5. The first-order valence-electron chi connectivity index (χ1n) is 9.58. The van der Waals surface area contributed by atoms with E-state index in [1.165, 1.54) is 49.2 Å². The number of alkyl halides is 3. The van der Waals surface area contributed by atoms with Crippen LogP contribution in [0, 0.1) is 0 Å². The molecule has 0 aliphatic rings. The molecule has 0 saturated heterocycles. The summed E-state index contributed by atoms with van der Waals surface area (Å²) in [5.74, 6) is -0.720. The van der Waals surface area contributed by atoms with Gasteiger partial charge in [0.1, 0.15) is 13.3 Å². The summed E-state index contributed by atoms with van der Waals surface area (Å²) in [5, 5.41) is 14.3. The van der Waals surface area contributed by atoms with Crippen LogP contribution in [0.2, 0.25) is 0 Å². The molecule has 3 rings (SSSR count). The number of para-hydroxylation sites is 1. The zero-order chi connectivity index (χ0) is 23.5. The van der Waals surface area contributed by atoms with E-state index >= 15 is 0 Å². The van der Waals surface area contributed by atoms with Crippen LogP contribution in [0.5, 0.6) is 0 Å². The molecule has 10 heteroatoms. The number of ether oxygens (including phenoxy) is 1. The van der Waals surface area contributed by atoms with E-state index in [0.29, 0.717) is 16.8 Å². The molecule has 2 aromatic carbocycles. The second kappa shape index (κ2) is 9.01. The maximum Gasteiger partial charge on any atom is 0.425 e. The Kier molecular flexibility index (Phi) is 6.56. The van der Waals surface area contributed by atoms with E-state index in [4.69, 9.17) is 10.5 Å². The lowest BCUT2D eigenvalue weighted by molar-refractivity contribution is -0.247. The van der Waals surface area contributed by atoms with E-state index in [1.54, 1.807) is 18.2 Å². The van der Waals surface area contributed by atoms with Gasteiger partial charge in [-0.2, -0.15) is 13.2 Å². The van der Waals surface area contributed by atoms with E-state index < -0.39 is 28.8 Å². The van der Waals surface area contributed by atoms with Gasteiger partial charge in [-0.1, -0.05) is 24.3 Å². The first kappa shape index (κ1) is 23.3. The van der Waals surface area contributed by atoms with Gasteiger partial charge in [0.25, 0.3) is 0 Å². The molecule has 0 aliphatic heterocycles. The highest BCUT2D eigenvalue weighted by molar-refractivity contribution is 5.89. The van der Waals surface area contributed by atoms with Crippen molar-refractivity contribution in [3.05, 3.63) is 65.4 Å². The van der Waals surface area contributed by atoms with Crippen molar-refractivity contribution in [3.8, 4) is 0 Å². The average Bonchev–Trinajstić information content (AvgIpc) is 3.10. The van der Waals surface area contributed by atoms with Crippen molar-refractivity contribution >= 4 is 28.7 Å². The smallest absolute Gasteiger partial charge is 0.372 e. The highest BCUT2D eigenvalue weighted by atomic mass is 19.4. The number of aliphatic imine (C=N–C) groups is 1. The summed E-state index contributed by atoms with van der Waals surface area (Å²) in [7, 11) is 2.96. The number of anilines is 1. The fourth-order valence-corrected chi connectivity index (χ4v) is 3.65. The fraction of sp³-hybridized carbons (Fsp3) is 0.273. The van der Waals surface area contributed by atoms with Gasteiger partial charge in [0.2, 0.25) is 11.5 Å². The predicted octanol–water partition coefficient (Wildman–Crippen LogP) is 2.99. The van der Waals surface area contributed by atoms with Crippen molar-refractivity contribution in [2.75, 3.05) is 26.2 Å². The van der Waals surface area contributed by atoms with Gasteiger partial charge in [0.15, 0.2) is 0 Å². The van der Waals surface area contributed by atoms with Gasteiger partial charge in [0.05, 0.1) is 0 Å². The largest absolute Gasteiger partial charge is 0.425 e. The molecule has 1 atom stereocenters. The summed E-state index contributed by atoms with van der Waals surface area (Å²) in [6, 6.07) is 10.0. The summed E-state index contributed by atoms with van der Waals surface area (Å²) in [4.78, 5) is 15.4. The van der Waals surface area contributed by atoms with E-state index in [0.717, 1.165) is 6.20 Å². The Labute approximate surface area is 182 Å². The lowest BCUT2D eigenvalue weighted by atomic mass is 9.84. The zero-order valence-corrected chi connectivity index (χ0v) is 17.5. The molecule has 1 heterocycles. The SMILES string of the molecule is C/N=C\c1cc(C(O)(c2cn(CC(N)=O)c3ccccc23)C(F)(F)F)ccc1NCOC. The molecule has 0 fully saturated rings. The molecule has 3 aromatic rings. The summed E-state index contributed by atoms with van der Waals surface area (Å²) in [6.07, 6.45) is -2.57. The van der Waals surface area contributed by atoms with Crippen LogP contribution in [-0.4, -0.2) is 48.9 Å². The highest BCUT2D eigenvalue weighted by Crippen LogP contribution is 2.47. The van der Waals surface area contributed by atoms with Gasteiger partial charge in [0, 0.05) is 54.3 Å². The monoisotopic (exact) mass is 448 g/mol. The maximum atomic E-state index is 14.5. The minimum Gasteiger partial charge on any atom is -0.372 e. The molecule has 1 amide bonds. The molecular formula is C22H23F3N4O3. The number of nitrogens with zero attached hydrogens (tertiary/aromatic N) is 2. The Morgan fingerprint density at radius 3 is 2.62 bits per heavy atom. The first-order chi connectivity index (χ1) is 15.1. The molecule has 0 aliphatic carbocycles. The molecule has 0 saturated carbocycles. The molecule has 1 aromatic heterocycles. The summed E-state index contributed by atoms with van der Waals surface area (Å²) in [5.41, 5.74) is 2.28. The normalized spacial score (nSPS) is 14.1. The van der Waals surface area contributed by atoms with Crippen LogP contribution in [0.25, 0.3) is 10.9 Å². The number of aromatic nitrogens is 1. The minimum absolute atomic E-state index is 0.133. The molecule has 7 nitrogen and oxygen atoms in total. The average molecular weight is 448 g/mol. The van der Waals surface area contributed by atoms with Gasteiger partial charge in [-0.05, 0) is 23.8 Å². The fourth-order valence-electron chi connectivity index (χ4n) is 3.65. The molecule has 0 spiro atoms. The van der Waals surface area contributed by atoms with E-state index in [2.05, 4.69) is 10.3 Å². The van der Waals surface area contributed by atoms with Crippen molar-refractivity contribution in [3.63, 3.8) is 0 Å². The number of methoxy groups -OCH3 is 1. The van der Waals surface area contributed by atoms with Crippen LogP contribution in [0.1, 0.15) is 16.7 Å². The van der Waals surface area contributed by atoms with Crippen molar-refractivity contribution < 1.29 is 27.8 Å². The van der Waals surface area contributed by atoms with Crippen molar-refractivity contribution in [1.29, 1.82) is 0 Å². The molecule has 32 heavy (non-hydrogen) atoms. The quantitative estimate of drug-likeness (QED) is 0.364. The van der Waals surface area contributed by atoms with Gasteiger partial charge in [-0.25, -0.2) is 0 Å². The number of nitrogens with two attached hydrogens (primary N) is 1. The van der Waals surface area contributed by atoms with Crippen LogP contribution in [-0.2, 0) is 21.7 Å². The Hall–Kier alpha value is -3.37. The van der Waals surface area contributed by atoms with Crippen molar-refractivity contribution in [1.82, 2.24) is 4.57 Å². The number of carbonyl (C=O) groups excluding carboxylic acids is 1. The number of aliphatic hydroxyl groups is 1. The van der Waals surface area contributed by atoms with Crippen LogP contribution >= 0.6 is 0 Å². The van der Waals surface area contributed by atoms with Gasteiger partial charge in [-0.15, -0.1) is 0 Å². The summed E-state index contributed by atoms with van der Waals surface area (Å²) in [6.45, 7) is -0.198. The lowest BCUT2D eigenvalue weighted by Gasteiger charge is -2.31. The third kappa shape index (κ3) is 4.19. The molecule has 170 valence electrons. The first-order valence-corrected chi connectivity index (χ1v) is 9.58. The predicted molar refractivity (Wildman–Crippen MR) is 116 cm³/mol. The van der Waals surface area contributed by atoms with E-state index in [-0.39, 0.29) is 18.7 Å². The van der Waals surface area contributed by atoms with Crippen LogP contribution in [0.4, 0.5) is 18.9 Å². The topological polar surface area (TPSA) is 102 Å². The minimum atomic E-state index is -5.07. The number of rotatable bonds is 8. The number of amides is 1. The van der Waals surface area contributed by atoms with Crippen molar-refractivity contribution in [2.45, 2.75) is 18.3 Å². The van der Waals surface area contributed by atoms with E-state index in [9.17, 15) is 23.1 Å². The highest BCUT2D eigenvalue weighted by Gasteiger charge is 2.57. The zero-order valence-electron chi connectivity index (χ0n) is 17.5. The number of nitrogens with one attached hydrogen (secondary N) is 1. The number of primary amides is 1. The van der Waals surface area contributed by atoms with Gasteiger partial charge < -0.3 is 25.5 Å². The third-order valence-electron chi connectivity index (χ3n) is 5.06. The number of hydrogen-bond donors (Lipinski definition) is 3. The van der Waals surface area contributed by atoms with Crippen LogP contribution in [0.15, 0.2) is 53.7 Å². The van der Waals surface area contributed by atoms with Crippen molar-refractivity contribution in [2.24, 2.45) is 10.7 Å². The second-order valence-electron chi connectivity index (χ2n) is 7.16. The van der Waals surface area contributed by atoms with Gasteiger partial charge >= 0.3 is 6.18 Å².